The first-order valence-corrected chi connectivity index (χ1v) is 5.77. The molecule has 0 aliphatic rings. The lowest BCUT2D eigenvalue weighted by Gasteiger charge is -2.09. The van der Waals surface area contributed by atoms with E-state index in [-0.39, 0.29) is 6.04 Å². The first-order valence-electron chi connectivity index (χ1n) is 5.77. The molecule has 3 aromatic rings. The molecule has 3 rings (SSSR count). The fraction of sp³-hybridized carbons (Fsp3) is 0.154. The minimum absolute atomic E-state index is 0.0536. The van der Waals surface area contributed by atoms with E-state index in [0.29, 0.717) is 5.95 Å². The highest BCUT2D eigenvalue weighted by Gasteiger charge is 2.10. The van der Waals surface area contributed by atoms with Crippen molar-refractivity contribution in [3.05, 3.63) is 42.4 Å². The molecular formula is C13H14N4O. The summed E-state index contributed by atoms with van der Waals surface area (Å²) < 4.78 is 5.34. The van der Waals surface area contributed by atoms with E-state index in [2.05, 4.69) is 15.3 Å². The molecule has 5 nitrogen and oxygen atoms in total. The van der Waals surface area contributed by atoms with Crippen LogP contribution in [0.1, 0.15) is 18.7 Å². The highest BCUT2D eigenvalue weighted by atomic mass is 16.3. The summed E-state index contributed by atoms with van der Waals surface area (Å²) in [6.45, 7) is 2.01. The molecule has 1 unspecified atom stereocenters. The van der Waals surface area contributed by atoms with Crippen LogP contribution < -0.4 is 11.1 Å². The molecule has 0 aliphatic heterocycles. The Hall–Kier alpha value is -2.43. The number of anilines is 2. The van der Waals surface area contributed by atoms with E-state index in [4.69, 9.17) is 10.2 Å². The zero-order chi connectivity index (χ0) is 12.5. The van der Waals surface area contributed by atoms with Gasteiger partial charge in [-0.15, -0.1) is 0 Å². The van der Waals surface area contributed by atoms with Gasteiger partial charge in [-0.25, -0.2) is 4.98 Å². The largest absolute Gasteiger partial charge is 0.467 e. The van der Waals surface area contributed by atoms with E-state index in [1.165, 1.54) is 0 Å². The van der Waals surface area contributed by atoms with E-state index < -0.39 is 0 Å². The van der Waals surface area contributed by atoms with Crippen molar-refractivity contribution in [1.29, 1.82) is 0 Å². The SMILES string of the molecule is CC(Nc1nc2ccc(N)cc2[nH]1)c1ccco1. The Labute approximate surface area is 104 Å². The Kier molecular flexibility index (Phi) is 2.44. The summed E-state index contributed by atoms with van der Waals surface area (Å²) >= 11 is 0. The third-order valence-corrected chi connectivity index (χ3v) is 2.83. The zero-order valence-electron chi connectivity index (χ0n) is 9.97. The molecule has 2 aromatic heterocycles. The van der Waals surface area contributed by atoms with Crippen LogP contribution in [0.15, 0.2) is 41.0 Å². The van der Waals surface area contributed by atoms with Crippen molar-refractivity contribution in [2.75, 3.05) is 11.1 Å². The number of furan rings is 1. The normalized spacial score (nSPS) is 12.7. The number of nitrogens with two attached hydrogens (primary N) is 1. The molecular weight excluding hydrogens is 228 g/mol. The summed E-state index contributed by atoms with van der Waals surface area (Å²) in [5, 5.41) is 3.25. The molecule has 0 amide bonds. The minimum Gasteiger partial charge on any atom is -0.467 e. The maximum atomic E-state index is 5.73. The van der Waals surface area contributed by atoms with Crippen molar-refractivity contribution in [2.45, 2.75) is 13.0 Å². The number of nitrogens with one attached hydrogen (secondary N) is 2. The monoisotopic (exact) mass is 242 g/mol. The predicted molar refractivity (Wildman–Crippen MR) is 71.3 cm³/mol. The van der Waals surface area contributed by atoms with Crippen LogP contribution in [0.25, 0.3) is 11.0 Å². The van der Waals surface area contributed by atoms with Gasteiger partial charge in [-0.1, -0.05) is 0 Å². The van der Waals surface area contributed by atoms with Gasteiger partial charge >= 0.3 is 0 Å². The van der Waals surface area contributed by atoms with E-state index in [9.17, 15) is 0 Å². The zero-order valence-corrected chi connectivity index (χ0v) is 9.97. The van der Waals surface area contributed by atoms with Crippen LogP contribution in [-0.4, -0.2) is 9.97 Å². The Morgan fingerprint density at radius 3 is 3.06 bits per heavy atom. The van der Waals surface area contributed by atoms with Crippen molar-refractivity contribution in [1.82, 2.24) is 9.97 Å². The number of fused-ring (bicyclic) bond motifs is 1. The van der Waals surface area contributed by atoms with Gasteiger partial charge in [-0.2, -0.15) is 0 Å². The molecule has 0 aliphatic carbocycles. The smallest absolute Gasteiger partial charge is 0.201 e. The maximum absolute atomic E-state index is 5.73. The van der Waals surface area contributed by atoms with E-state index in [0.717, 1.165) is 22.5 Å². The first-order chi connectivity index (χ1) is 8.72. The van der Waals surface area contributed by atoms with Gasteiger partial charge in [0.15, 0.2) is 0 Å². The number of imidazole rings is 1. The fourth-order valence-electron chi connectivity index (χ4n) is 1.91. The summed E-state index contributed by atoms with van der Waals surface area (Å²) in [6.07, 6.45) is 1.66. The summed E-state index contributed by atoms with van der Waals surface area (Å²) in [6, 6.07) is 9.45. The Bertz CT molecular complexity index is 657. The summed E-state index contributed by atoms with van der Waals surface area (Å²) in [5.74, 6) is 1.58. The summed E-state index contributed by atoms with van der Waals surface area (Å²) in [5.41, 5.74) is 8.26. The molecule has 4 N–H and O–H groups in total. The third-order valence-electron chi connectivity index (χ3n) is 2.83. The van der Waals surface area contributed by atoms with Crippen LogP contribution in [-0.2, 0) is 0 Å². The second-order valence-electron chi connectivity index (χ2n) is 4.24. The molecule has 0 fully saturated rings. The van der Waals surface area contributed by atoms with Gasteiger partial charge < -0.3 is 20.5 Å². The third kappa shape index (κ3) is 1.90. The van der Waals surface area contributed by atoms with Crippen molar-refractivity contribution >= 4 is 22.7 Å². The van der Waals surface area contributed by atoms with Gasteiger partial charge in [-0.3, -0.25) is 0 Å². The quantitative estimate of drug-likeness (QED) is 0.617. The molecule has 0 spiro atoms. The number of nitrogen functional groups attached to an aromatic ring is 1. The summed E-state index contributed by atoms with van der Waals surface area (Å²) in [4.78, 5) is 7.63. The van der Waals surface area contributed by atoms with Crippen LogP contribution >= 0.6 is 0 Å². The average molecular weight is 242 g/mol. The predicted octanol–water partition coefficient (Wildman–Crippen LogP) is 2.91. The van der Waals surface area contributed by atoms with Gasteiger partial charge in [0.2, 0.25) is 5.95 Å². The second kappa shape index (κ2) is 4.10. The first kappa shape index (κ1) is 10.7. The molecule has 5 heteroatoms. The standard InChI is InChI=1S/C13H14N4O/c1-8(12-3-2-6-18-12)15-13-16-10-5-4-9(14)7-11(10)17-13/h2-8H,14H2,1H3,(H2,15,16,17). The lowest BCUT2D eigenvalue weighted by molar-refractivity contribution is 0.490. The van der Waals surface area contributed by atoms with Crippen LogP contribution in [0, 0.1) is 0 Å². The van der Waals surface area contributed by atoms with Gasteiger partial charge in [0.05, 0.1) is 23.3 Å². The van der Waals surface area contributed by atoms with E-state index >= 15 is 0 Å². The highest BCUT2D eigenvalue weighted by molar-refractivity contribution is 5.80. The number of aromatic amines is 1. The topological polar surface area (TPSA) is 79.9 Å². The molecule has 0 saturated carbocycles. The number of hydrogen-bond acceptors (Lipinski definition) is 4. The molecule has 2 heterocycles. The molecule has 18 heavy (non-hydrogen) atoms. The van der Waals surface area contributed by atoms with Crippen molar-refractivity contribution < 1.29 is 4.42 Å². The Morgan fingerprint density at radius 2 is 2.28 bits per heavy atom. The number of aromatic nitrogens is 2. The van der Waals surface area contributed by atoms with E-state index in [1.807, 2.05) is 37.3 Å². The lowest BCUT2D eigenvalue weighted by atomic mass is 10.2. The minimum atomic E-state index is 0.0536. The second-order valence-corrected chi connectivity index (χ2v) is 4.24. The number of H-pyrrole nitrogens is 1. The van der Waals surface area contributed by atoms with Gasteiger partial charge in [-0.05, 0) is 37.3 Å². The van der Waals surface area contributed by atoms with Crippen molar-refractivity contribution in [3.63, 3.8) is 0 Å². The van der Waals surface area contributed by atoms with Gasteiger partial charge in [0.1, 0.15) is 5.76 Å². The van der Waals surface area contributed by atoms with Crippen LogP contribution in [0.5, 0.6) is 0 Å². The average Bonchev–Trinajstić information content (AvgIpc) is 2.95. The maximum Gasteiger partial charge on any atom is 0.201 e. The van der Waals surface area contributed by atoms with Crippen LogP contribution in [0.3, 0.4) is 0 Å². The lowest BCUT2D eigenvalue weighted by Crippen LogP contribution is -2.06. The molecule has 1 aromatic carbocycles. The van der Waals surface area contributed by atoms with Gasteiger partial charge in [0.25, 0.3) is 0 Å². The van der Waals surface area contributed by atoms with Crippen molar-refractivity contribution in [2.24, 2.45) is 0 Å². The molecule has 0 saturated heterocycles. The summed E-state index contributed by atoms with van der Waals surface area (Å²) in [7, 11) is 0. The van der Waals surface area contributed by atoms with Gasteiger partial charge in [0, 0.05) is 5.69 Å². The fourth-order valence-corrected chi connectivity index (χ4v) is 1.91. The van der Waals surface area contributed by atoms with Crippen LogP contribution in [0.2, 0.25) is 0 Å². The number of hydrogen-bond donors (Lipinski definition) is 3. The number of rotatable bonds is 3. The molecule has 1 atom stereocenters. The molecule has 0 radical (unpaired) electrons. The highest BCUT2D eigenvalue weighted by Crippen LogP contribution is 2.21. The van der Waals surface area contributed by atoms with Crippen molar-refractivity contribution in [3.8, 4) is 0 Å². The molecule has 0 bridgehead atoms. The number of benzene rings is 1. The molecule has 92 valence electrons. The Balaban J connectivity index is 1.86. The number of nitrogens with zero attached hydrogens (tertiary/aromatic N) is 1. The Morgan fingerprint density at radius 1 is 1.39 bits per heavy atom. The van der Waals surface area contributed by atoms with E-state index in [1.54, 1.807) is 6.26 Å². The van der Waals surface area contributed by atoms with Crippen LogP contribution in [0.4, 0.5) is 11.6 Å².